The third-order valence-electron chi connectivity index (χ3n) is 4.56. The summed E-state index contributed by atoms with van der Waals surface area (Å²) >= 11 is 0. The molecule has 0 bridgehead atoms. The van der Waals surface area contributed by atoms with Crippen LogP contribution in [0.2, 0.25) is 0 Å². The molecule has 4 aromatic rings. The first-order valence-corrected chi connectivity index (χ1v) is 11.2. The van der Waals surface area contributed by atoms with E-state index in [1.165, 1.54) is 12.1 Å². The van der Waals surface area contributed by atoms with E-state index in [1.54, 1.807) is 48.5 Å². The smallest absolute Gasteiger partial charge is 0.294 e. The van der Waals surface area contributed by atoms with E-state index in [-0.39, 0.29) is 4.90 Å². The van der Waals surface area contributed by atoms with Crippen molar-refractivity contribution in [2.45, 2.75) is 11.8 Å². The second-order valence-electron chi connectivity index (χ2n) is 7.06. The minimum Gasteiger partial charge on any atom is -0.398 e. The van der Waals surface area contributed by atoms with Crippen LogP contribution in [0.3, 0.4) is 0 Å². The number of rotatable bonds is 3. The number of hydrogen-bond donors (Lipinski definition) is 5. The molecule has 6 N–H and O–H groups in total. The van der Waals surface area contributed by atoms with Gasteiger partial charge in [0.1, 0.15) is 5.69 Å². The highest BCUT2D eigenvalue weighted by Crippen LogP contribution is 2.17. The largest absolute Gasteiger partial charge is 0.398 e. The van der Waals surface area contributed by atoms with E-state index in [9.17, 15) is 18.0 Å². The molecule has 0 unspecified atom stereocenters. The lowest BCUT2D eigenvalue weighted by molar-refractivity contribution is 0.0845. The van der Waals surface area contributed by atoms with Crippen LogP contribution < -0.4 is 16.6 Å². The number of carbonyl (C=O) groups excluding carboxylic acids is 2. The van der Waals surface area contributed by atoms with Gasteiger partial charge in [0.15, 0.2) is 0 Å². The van der Waals surface area contributed by atoms with E-state index < -0.39 is 21.9 Å². The Labute approximate surface area is 190 Å². The molecule has 170 valence electrons. The predicted molar refractivity (Wildman–Crippen MR) is 125 cm³/mol. The summed E-state index contributed by atoms with van der Waals surface area (Å²) in [6.45, 7) is 1.98. The molecule has 4 rings (SSSR count). The fourth-order valence-corrected chi connectivity index (χ4v) is 3.42. The Kier molecular flexibility index (Phi) is 7.11. The van der Waals surface area contributed by atoms with Crippen LogP contribution in [0.5, 0.6) is 0 Å². The molecule has 10 heteroatoms. The number of nitrogen functional groups attached to an aromatic ring is 1. The Morgan fingerprint density at radius 3 is 2.15 bits per heavy atom. The standard InChI is InChI=1S/C17H16N4O2.C6H6O3S/c1-10-6-7-14-11(8-10)9-15(19-14)17(23)21-20-16(22)12-4-2-3-5-13(12)18;7-10(8,9)6-4-2-1-3-5-6/h2-9,19H,18H2,1H3,(H,20,22)(H,21,23);1-5H,(H,7,8,9). The molecule has 9 nitrogen and oxygen atoms in total. The number of nitrogens with one attached hydrogen (secondary N) is 3. The normalized spacial score (nSPS) is 10.7. The summed E-state index contributed by atoms with van der Waals surface area (Å²) in [5, 5.41) is 0.939. The van der Waals surface area contributed by atoms with Gasteiger partial charge in [-0.15, -0.1) is 0 Å². The van der Waals surface area contributed by atoms with Gasteiger partial charge in [0, 0.05) is 16.6 Å². The number of hydrazine groups is 1. The van der Waals surface area contributed by atoms with E-state index in [1.807, 2.05) is 25.1 Å². The molecule has 1 aromatic heterocycles. The Bertz CT molecular complexity index is 1400. The number of aromatic nitrogens is 1. The first-order valence-electron chi connectivity index (χ1n) is 9.72. The van der Waals surface area contributed by atoms with Crippen LogP contribution in [0.1, 0.15) is 26.4 Å². The number of amides is 2. The van der Waals surface area contributed by atoms with Gasteiger partial charge < -0.3 is 10.7 Å². The minimum atomic E-state index is -4.00. The second-order valence-corrected chi connectivity index (χ2v) is 8.48. The molecular formula is C23H22N4O5S. The van der Waals surface area contributed by atoms with Crippen LogP contribution in [-0.2, 0) is 10.1 Å². The molecule has 0 radical (unpaired) electrons. The third kappa shape index (κ3) is 6.19. The maximum atomic E-state index is 12.1. The molecule has 0 spiro atoms. The first-order chi connectivity index (χ1) is 15.6. The number of H-pyrrole nitrogens is 1. The number of aryl methyl sites for hydroxylation is 1. The number of hydrogen-bond acceptors (Lipinski definition) is 5. The van der Waals surface area contributed by atoms with E-state index in [0.717, 1.165) is 16.5 Å². The van der Waals surface area contributed by atoms with Gasteiger partial charge in [0.2, 0.25) is 0 Å². The molecule has 0 saturated carbocycles. The van der Waals surface area contributed by atoms with Crippen molar-refractivity contribution in [3.63, 3.8) is 0 Å². The molecule has 0 atom stereocenters. The van der Waals surface area contributed by atoms with Gasteiger partial charge in [-0.3, -0.25) is 25.0 Å². The molecule has 0 aliphatic rings. The summed E-state index contributed by atoms with van der Waals surface area (Å²) in [6.07, 6.45) is 0. The van der Waals surface area contributed by atoms with Crippen LogP contribution >= 0.6 is 0 Å². The SMILES string of the molecule is Cc1ccc2[nH]c(C(=O)NNC(=O)c3ccccc3N)cc2c1.O=S(=O)(O)c1ccccc1. The summed E-state index contributed by atoms with van der Waals surface area (Å²) < 4.78 is 29.2. The Morgan fingerprint density at radius 2 is 1.52 bits per heavy atom. The minimum absolute atomic E-state index is 0.0741. The van der Waals surface area contributed by atoms with Gasteiger partial charge in [-0.25, -0.2) is 0 Å². The lowest BCUT2D eigenvalue weighted by atomic mass is 10.2. The van der Waals surface area contributed by atoms with Crippen molar-refractivity contribution in [2.24, 2.45) is 0 Å². The van der Waals surface area contributed by atoms with Crippen LogP contribution in [0.4, 0.5) is 5.69 Å². The first kappa shape index (κ1) is 23.5. The summed E-state index contributed by atoms with van der Waals surface area (Å²) in [4.78, 5) is 27.1. The molecule has 0 fully saturated rings. The number of aromatic amines is 1. The maximum Gasteiger partial charge on any atom is 0.294 e. The zero-order valence-electron chi connectivity index (χ0n) is 17.6. The van der Waals surface area contributed by atoms with E-state index in [2.05, 4.69) is 15.8 Å². The average Bonchev–Trinajstić information content (AvgIpc) is 3.21. The molecule has 2 amide bonds. The highest BCUT2D eigenvalue weighted by Gasteiger charge is 2.13. The summed E-state index contributed by atoms with van der Waals surface area (Å²) in [6, 6.07) is 21.6. The van der Waals surface area contributed by atoms with Crippen molar-refractivity contribution < 1.29 is 22.6 Å². The highest BCUT2D eigenvalue weighted by molar-refractivity contribution is 7.85. The van der Waals surface area contributed by atoms with Crippen molar-refractivity contribution >= 4 is 38.5 Å². The van der Waals surface area contributed by atoms with Gasteiger partial charge in [-0.2, -0.15) is 8.42 Å². The number of benzene rings is 3. The Morgan fingerprint density at radius 1 is 0.879 bits per heavy atom. The van der Waals surface area contributed by atoms with Gasteiger partial charge in [-0.1, -0.05) is 42.0 Å². The van der Waals surface area contributed by atoms with Gasteiger partial charge in [0.05, 0.1) is 10.5 Å². The van der Waals surface area contributed by atoms with Crippen LogP contribution in [0.15, 0.2) is 83.8 Å². The van der Waals surface area contributed by atoms with Crippen LogP contribution in [-0.4, -0.2) is 29.8 Å². The second kappa shape index (κ2) is 9.98. The lowest BCUT2D eigenvalue weighted by Gasteiger charge is -2.08. The van der Waals surface area contributed by atoms with Crippen LogP contribution in [0.25, 0.3) is 10.9 Å². The van der Waals surface area contributed by atoms with Crippen molar-refractivity contribution in [2.75, 3.05) is 5.73 Å². The van der Waals surface area contributed by atoms with E-state index in [0.29, 0.717) is 16.9 Å². The molecule has 0 saturated heterocycles. The molecule has 0 aliphatic carbocycles. The summed E-state index contributed by atoms with van der Waals surface area (Å²) in [7, 11) is -4.00. The Balaban J connectivity index is 0.000000257. The van der Waals surface area contributed by atoms with E-state index in [4.69, 9.17) is 10.3 Å². The average molecular weight is 467 g/mol. The number of para-hydroxylation sites is 1. The summed E-state index contributed by atoms with van der Waals surface area (Å²) in [5.74, 6) is -0.898. The van der Waals surface area contributed by atoms with Crippen LogP contribution in [0, 0.1) is 6.92 Å². The zero-order valence-corrected chi connectivity index (χ0v) is 18.4. The van der Waals surface area contributed by atoms with Gasteiger partial charge in [0.25, 0.3) is 21.9 Å². The fraction of sp³-hybridized carbons (Fsp3) is 0.0435. The predicted octanol–water partition coefficient (Wildman–Crippen LogP) is 3.07. The van der Waals surface area contributed by atoms with Crippen molar-refractivity contribution in [3.8, 4) is 0 Å². The van der Waals surface area contributed by atoms with Crippen molar-refractivity contribution in [3.05, 3.63) is 95.7 Å². The molecule has 0 aliphatic heterocycles. The molecule has 1 heterocycles. The van der Waals surface area contributed by atoms with Crippen molar-refractivity contribution in [1.29, 1.82) is 0 Å². The zero-order chi connectivity index (χ0) is 24.0. The topological polar surface area (TPSA) is 154 Å². The van der Waals surface area contributed by atoms with Crippen molar-refractivity contribution in [1.82, 2.24) is 15.8 Å². The molecular weight excluding hydrogens is 444 g/mol. The van der Waals surface area contributed by atoms with Gasteiger partial charge in [-0.05, 0) is 49.4 Å². The third-order valence-corrected chi connectivity index (χ3v) is 5.42. The Hall–Kier alpha value is -4.15. The number of carbonyl (C=O) groups is 2. The number of anilines is 1. The summed E-state index contributed by atoms with van der Waals surface area (Å²) in [5.41, 5.74) is 13.4. The van der Waals surface area contributed by atoms with E-state index >= 15 is 0 Å². The number of nitrogens with two attached hydrogens (primary N) is 1. The molecule has 3 aromatic carbocycles. The van der Waals surface area contributed by atoms with Gasteiger partial charge >= 0.3 is 0 Å². The molecule has 33 heavy (non-hydrogen) atoms. The number of fused-ring (bicyclic) bond motifs is 1. The maximum absolute atomic E-state index is 12.1. The highest BCUT2D eigenvalue weighted by atomic mass is 32.2. The fourth-order valence-electron chi connectivity index (χ4n) is 2.92. The monoisotopic (exact) mass is 466 g/mol. The quantitative estimate of drug-likeness (QED) is 0.178. The lowest BCUT2D eigenvalue weighted by Crippen LogP contribution is -2.42.